The molecule has 2 N–H and O–H groups in total. The molecule has 0 saturated heterocycles. The second-order valence-electron chi connectivity index (χ2n) is 9.67. The van der Waals surface area contributed by atoms with Crippen molar-refractivity contribution in [3.05, 3.63) is 48.5 Å². The first kappa shape index (κ1) is 51.0. The summed E-state index contributed by atoms with van der Waals surface area (Å²) in [5.41, 5.74) is -0.400. The first-order valence-electron chi connectivity index (χ1n) is 13.6. The normalized spacial score (nSPS) is 11.4. The molecule has 0 aliphatic carbocycles. The van der Waals surface area contributed by atoms with Gasteiger partial charge in [0.25, 0.3) is 0 Å². The number of nitrogens with zero attached hydrogens (tertiary/aromatic N) is 6. The van der Waals surface area contributed by atoms with E-state index in [2.05, 4.69) is 49.2 Å². The Kier molecular flexibility index (Phi) is 22.6. The maximum absolute atomic E-state index is 14.4. The Morgan fingerprint density at radius 2 is 1.69 bits per heavy atom. The minimum absolute atomic E-state index is 0. The molecule has 0 atom stereocenters. The van der Waals surface area contributed by atoms with E-state index in [1.165, 1.54) is 49.4 Å². The number of hydrogen-bond acceptors (Lipinski definition) is 23. The van der Waals surface area contributed by atoms with Crippen molar-refractivity contribution in [1.82, 2.24) is 15.0 Å². The third-order valence-electron chi connectivity index (χ3n) is 6.41. The molecule has 0 bridgehead atoms. The van der Waals surface area contributed by atoms with Gasteiger partial charge in [-0.3, -0.25) is 14.3 Å². The van der Waals surface area contributed by atoms with E-state index >= 15 is 0 Å². The Labute approximate surface area is 381 Å². The average Bonchev–Trinajstić information content (AvgIpc) is 3.08. The summed E-state index contributed by atoms with van der Waals surface area (Å²) in [5.74, 6) is -1.72. The van der Waals surface area contributed by atoms with Gasteiger partial charge in [0.1, 0.15) is 27.2 Å². The van der Waals surface area contributed by atoms with Gasteiger partial charge < -0.3 is 35.1 Å². The molecule has 0 fully saturated rings. The maximum atomic E-state index is 14.4. The molecular formula is C25H23FN7Na3O14S4. The fourth-order valence-electron chi connectivity index (χ4n) is 4.05. The van der Waals surface area contributed by atoms with Crippen LogP contribution in [-0.2, 0) is 42.9 Å². The monoisotopic (exact) mass is 861 g/mol. The van der Waals surface area contributed by atoms with Crippen molar-refractivity contribution in [3.63, 3.8) is 0 Å². The van der Waals surface area contributed by atoms with Gasteiger partial charge in [-0.15, -0.1) is 14.6 Å². The number of hydrogen-bond donors (Lipinski definition) is 2. The number of halogens is 1. The standard InChI is InChI=1S/C25H26FN7O14S4.3Na/c1-33(7-9-50(37,38)10-8-43-49-47-45-36)25-29-23(26)28-24(30-25)27-15-3-5-17-14(11-15)12-19(48-46-44-35)21(22(17)34)32-31-18-6-4-16(42-2)13-20(18)51(39,40)41;;;/h3-6,11-13,34-36H,7-10H2,1-2H3,(H,39,40,41)(H,27,28,29,30);;;/q;3*+1/p-3. The van der Waals surface area contributed by atoms with Gasteiger partial charge >= 0.3 is 94.8 Å². The second-order valence-corrected chi connectivity index (χ2v) is 14.6. The van der Waals surface area contributed by atoms with E-state index in [4.69, 9.17) is 8.92 Å². The van der Waals surface area contributed by atoms with E-state index in [0.29, 0.717) is 17.4 Å². The molecule has 0 amide bonds. The van der Waals surface area contributed by atoms with E-state index in [0.717, 1.165) is 12.1 Å². The molecule has 1 aromatic heterocycles. The molecule has 21 nitrogen and oxygen atoms in total. The number of anilines is 3. The fraction of sp³-hybridized carbons (Fsp3) is 0.240. The number of ether oxygens (including phenoxy) is 1. The number of aromatic hydroxyl groups is 1. The summed E-state index contributed by atoms with van der Waals surface area (Å²) in [4.78, 5) is 11.8. The zero-order chi connectivity index (χ0) is 37.2. The van der Waals surface area contributed by atoms with Crippen LogP contribution in [0.2, 0.25) is 0 Å². The van der Waals surface area contributed by atoms with E-state index in [-0.39, 0.29) is 165 Å². The van der Waals surface area contributed by atoms with E-state index in [9.17, 15) is 41.4 Å². The van der Waals surface area contributed by atoms with Crippen molar-refractivity contribution >= 4 is 84.1 Å². The molecule has 3 aromatic carbocycles. The number of phenolic OH excluding ortho intramolecular Hbond substituents is 1. The summed E-state index contributed by atoms with van der Waals surface area (Å²) in [6, 6.07) is 9.17. The first-order chi connectivity index (χ1) is 24.2. The molecule has 0 aliphatic heterocycles. The molecule has 4 aromatic rings. The van der Waals surface area contributed by atoms with Crippen molar-refractivity contribution in [2.75, 3.05) is 49.0 Å². The van der Waals surface area contributed by atoms with Crippen LogP contribution >= 0.6 is 24.4 Å². The minimum Gasteiger partial charge on any atom is -0.744 e. The van der Waals surface area contributed by atoms with Gasteiger partial charge in [-0.1, -0.05) is 0 Å². The van der Waals surface area contributed by atoms with Crippen LogP contribution in [0.25, 0.3) is 10.8 Å². The van der Waals surface area contributed by atoms with Crippen molar-refractivity contribution in [2.45, 2.75) is 9.79 Å². The maximum Gasteiger partial charge on any atom is 1.00 e. The van der Waals surface area contributed by atoms with Crippen LogP contribution in [0.4, 0.5) is 33.3 Å². The van der Waals surface area contributed by atoms with Gasteiger partial charge in [-0.05, 0) is 47.9 Å². The van der Waals surface area contributed by atoms with E-state index in [1.54, 1.807) is 0 Å². The van der Waals surface area contributed by atoms with Crippen LogP contribution in [0.3, 0.4) is 0 Å². The number of methoxy groups -OCH3 is 1. The predicted molar refractivity (Wildman–Crippen MR) is 169 cm³/mol. The number of aromatic nitrogens is 3. The molecule has 1 heterocycles. The van der Waals surface area contributed by atoms with E-state index in [1.807, 2.05) is 0 Å². The summed E-state index contributed by atoms with van der Waals surface area (Å²) in [5, 5.41) is 48.9. The van der Waals surface area contributed by atoms with Crippen LogP contribution in [0.5, 0.6) is 11.5 Å². The third-order valence-corrected chi connectivity index (χ3v) is 9.86. The Morgan fingerprint density at radius 3 is 2.35 bits per heavy atom. The van der Waals surface area contributed by atoms with Crippen molar-refractivity contribution in [1.29, 1.82) is 0 Å². The Bertz CT molecular complexity index is 2120. The summed E-state index contributed by atoms with van der Waals surface area (Å²) < 4.78 is 92.4. The molecule has 29 heteroatoms. The summed E-state index contributed by atoms with van der Waals surface area (Å²) in [7, 11) is -5.98. The Balaban J connectivity index is 0.00000486. The molecule has 4 rings (SSSR count). The van der Waals surface area contributed by atoms with Crippen molar-refractivity contribution in [2.24, 2.45) is 10.2 Å². The van der Waals surface area contributed by atoms with Gasteiger partial charge in [-0.2, -0.15) is 23.7 Å². The van der Waals surface area contributed by atoms with Gasteiger partial charge in [0.15, 0.2) is 27.9 Å². The SMILES string of the molecule is COc1ccc(N=Nc2c(SOO[O-])cc3cc(Nc4nc(F)nc(N(C)CCS(=O)(=O)CCOSOO[O-])n4)ccc3c2O)c(S(=O)(=O)[O-])c1.[Na+].[Na+].[Na+]. The van der Waals surface area contributed by atoms with Gasteiger partial charge in [0.2, 0.25) is 11.9 Å². The molecule has 276 valence electrons. The zero-order valence-electron chi connectivity index (χ0n) is 28.8. The largest absolute Gasteiger partial charge is 1.00 e. The number of benzene rings is 3. The van der Waals surface area contributed by atoms with Crippen molar-refractivity contribution < 1.29 is 158 Å². The number of rotatable bonds is 19. The van der Waals surface area contributed by atoms with Crippen molar-refractivity contribution in [3.8, 4) is 11.5 Å². The zero-order valence-corrected chi connectivity index (χ0v) is 38.1. The molecule has 0 radical (unpaired) electrons. The topological polar surface area (TPSA) is 292 Å². The third kappa shape index (κ3) is 15.0. The van der Waals surface area contributed by atoms with Crippen LogP contribution in [0.15, 0.2) is 62.5 Å². The number of fused-ring (bicyclic) bond motifs is 1. The van der Waals surface area contributed by atoms with Gasteiger partial charge in [0.05, 0.1) is 47.1 Å². The van der Waals surface area contributed by atoms with Crippen LogP contribution < -0.4 is 114 Å². The van der Waals surface area contributed by atoms with Gasteiger partial charge in [0, 0.05) is 24.7 Å². The fourth-order valence-corrected chi connectivity index (χ4v) is 6.58. The molecule has 0 saturated carbocycles. The first-order valence-corrected chi connectivity index (χ1v) is 18.2. The predicted octanol–water partition coefficient (Wildman–Crippen LogP) is -7.16. The summed E-state index contributed by atoms with van der Waals surface area (Å²) >= 11 is 0.498. The molecule has 0 aliphatic rings. The average molecular weight is 862 g/mol. The second kappa shape index (κ2) is 24.0. The number of nitrogens with one attached hydrogen (secondary N) is 1. The Morgan fingerprint density at radius 1 is 0.963 bits per heavy atom. The molecule has 54 heavy (non-hydrogen) atoms. The van der Waals surface area contributed by atoms with Crippen LogP contribution in [-0.4, -0.2) is 80.3 Å². The number of sulfone groups is 1. The Hall–Kier alpha value is -1.06. The van der Waals surface area contributed by atoms with Crippen LogP contribution in [0.1, 0.15) is 0 Å². The summed E-state index contributed by atoms with van der Waals surface area (Å²) in [6.45, 7) is -0.446. The van der Waals surface area contributed by atoms with Gasteiger partial charge in [-0.25, -0.2) is 16.8 Å². The smallest absolute Gasteiger partial charge is 0.744 e. The minimum atomic E-state index is -5.02. The quantitative estimate of drug-likeness (QED) is 0.0168. The molecule has 0 spiro atoms. The van der Waals surface area contributed by atoms with E-state index < -0.39 is 42.4 Å². The number of azo groups is 1. The number of phenols is 1. The molecule has 0 unspecified atom stereocenters. The summed E-state index contributed by atoms with van der Waals surface area (Å²) in [6.07, 6.45) is -1.19. The molecular weight excluding hydrogens is 839 g/mol. The van der Waals surface area contributed by atoms with Crippen LogP contribution in [0, 0.1) is 6.08 Å².